The van der Waals surface area contributed by atoms with Crippen molar-refractivity contribution in [1.29, 1.82) is 0 Å². The largest absolute Gasteiger partial charge is 0.480 e. The molecule has 1 saturated carbocycles. The number of aromatic amines is 1. The number of benzene rings is 1. The number of tetrazole rings is 1. The van der Waals surface area contributed by atoms with Crippen molar-refractivity contribution in [2.75, 3.05) is 6.54 Å². The van der Waals surface area contributed by atoms with E-state index in [1.807, 2.05) is 6.07 Å². The second kappa shape index (κ2) is 7.53. The number of nitrogens with zero attached hydrogens (tertiary/aromatic N) is 3. The van der Waals surface area contributed by atoms with Crippen molar-refractivity contribution < 1.29 is 9.90 Å². The molecule has 0 bridgehead atoms. The Hall–Kier alpha value is -2.28. The fourth-order valence-corrected chi connectivity index (χ4v) is 4.88. The van der Waals surface area contributed by atoms with Gasteiger partial charge < -0.3 is 10.4 Å². The molecule has 3 N–H and O–H groups in total. The standard InChI is InChI=1S/C19H25N5O2/c25-19(26)17-9-15-8-13(6-7-14(15)11-20-17)16(10-18-21-23-24-22-18)12-4-2-1-3-5-12/h1-5,13-17,20H,6-11H2,(H,25,26)(H,21,22,23,24)/t13-,14-,15+,16?,17-/m1/s1. The maximum absolute atomic E-state index is 11.4. The van der Waals surface area contributed by atoms with Gasteiger partial charge in [0.2, 0.25) is 0 Å². The second-order valence-corrected chi connectivity index (χ2v) is 7.68. The summed E-state index contributed by atoms with van der Waals surface area (Å²) in [6.45, 7) is 0.829. The van der Waals surface area contributed by atoms with Crippen LogP contribution in [0.2, 0.25) is 0 Å². The van der Waals surface area contributed by atoms with E-state index in [2.05, 4.69) is 50.2 Å². The van der Waals surface area contributed by atoms with E-state index in [1.165, 1.54) is 5.56 Å². The normalized spacial score (nSPS) is 29.7. The number of aromatic nitrogens is 4. The van der Waals surface area contributed by atoms with Gasteiger partial charge in [0, 0.05) is 6.42 Å². The van der Waals surface area contributed by atoms with Gasteiger partial charge in [-0.2, -0.15) is 5.21 Å². The predicted octanol–water partition coefficient (Wildman–Crippen LogP) is 2.00. The van der Waals surface area contributed by atoms with Crippen LogP contribution in [0.3, 0.4) is 0 Å². The van der Waals surface area contributed by atoms with E-state index in [4.69, 9.17) is 0 Å². The molecule has 0 radical (unpaired) electrons. The molecule has 1 aliphatic heterocycles. The second-order valence-electron chi connectivity index (χ2n) is 7.68. The molecule has 2 fully saturated rings. The Morgan fingerprint density at radius 1 is 1.19 bits per heavy atom. The number of nitrogens with one attached hydrogen (secondary N) is 2. The van der Waals surface area contributed by atoms with Gasteiger partial charge in [-0.3, -0.25) is 4.79 Å². The highest BCUT2D eigenvalue weighted by Gasteiger charge is 2.40. The van der Waals surface area contributed by atoms with Crippen molar-refractivity contribution in [3.05, 3.63) is 41.7 Å². The molecule has 1 aliphatic carbocycles. The van der Waals surface area contributed by atoms with Crippen LogP contribution in [0.15, 0.2) is 30.3 Å². The van der Waals surface area contributed by atoms with Crippen LogP contribution in [0.4, 0.5) is 0 Å². The van der Waals surface area contributed by atoms with Crippen LogP contribution in [0.5, 0.6) is 0 Å². The van der Waals surface area contributed by atoms with Crippen LogP contribution in [-0.4, -0.2) is 44.3 Å². The quantitative estimate of drug-likeness (QED) is 0.758. The van der Waals surface area contributed by atoms with E-state index in [9.17, 15) is 9.90 Å². The van der Waals surface area contributed by atoms with Crippen LogP contribution >= 0.6 is 0 Å². The molecule has 1 saturated heterocycles. The third-order valence-electron chi connectivity index (χ3n) is 6.23. The topological polar surface area (TPSA) is 104 Å². The summed E-state index contributed by atoms with van der Waals surface area (Å²) in [5, 5.41) is 27.1. The summed E-state index contributed by atoms with van der Waals surface area (Å²) < 4.78 is 0. The van der Waals surface area contributed by atoms with E-state index < -0.39 is 12.0 Å². The lowest BCUT2D eigenvalue weighted by Crippen LogP contribution is -2.50. The number of hydrogen-bond donors (Lipinski definition) is 3. The lowest BCUT2D eigenvalue weighted by molar-refractivity contribution is -0.141. The Morgan fingerprint density at radius 2 is 2.04 bits per heavy atom. The molecule has 7 heteroatoms. The number of piperidine rings is 1. The van der Waals surface area contributed by atoms with Gasteiger partial charge in [-0.1, -0.05) is 35.5 Å². The highest BCUT2D eigenvalue weighted by molar-refractivity contribution is 5.73. The Morgan fingerprint density at radius 3 is 2.77 bits per heavy atom. The van der Waals surface area contributed by atoms with E-state index in [0.29, 0.717) is 23.7 Å². The highest BCUT2D eigenvalue weighted by atomic mass is 16.4. The number of carboxylic acids is 1. The number of H-pyrrole nitrogens is 1. The van der Waals surface area contributed by atoms with E-state index in [-0.39, 0.29) is 0 Å². The lowest BCUT2D eigenvalue weighted by atomic mass is 9.65. The minimum absolute atomic E-state index is 0.341. The van der Waals surface area contributed by atoms with Crippen LogP contribution in [0, 0.1) is 17.8 Å². The van der Waals surface area contributed by atoms with Crippen molar-refractivity contribution in [2.24, 2.45) is 17.8 Å². The maximum Gasteiger partial charge on any atom is 0.320 e. The zero-order valence-electron chi connectivity index (χ0n) is 14.7. The zero-order valence-corrected chi connectivity index (χ0v) is 14.7. The maximum atomic E-state index is 11.4. The number of fused-ring (bicyclic) bond motifs is 1. The molecule has 138 valence electrons. The molecular weight excluding hydrogens is 330 g/mol. The summed E-state index contributed by atoms with van der Waals surface area (Å²) in [5.41, 5.74) is 1.31. The first-order chi connectivity index (χ1) is 12.7. The summed E-state index contributed by atoms with van der Waals surface area (Å²) in [6, 6.07) is 10.2. The molecule has 26 heavy (non-hydrogen) atoms. The zero-order chi connectivity index (χ0) is 17.9. The van der Waals surface area contributed by atoms with Crippen molar-refractivity contribution in [2.45, 2.75) is 44.1 Å². The number of carbonyl (C=O) groups is 1. The Balaban J connectivity index is 1.53. The molecule has 1 unspecified atom stereocenters. The van der Waals surface area contributed by atoms with Gasteiger partial charge in [0.05, 0.1) is 0 Å². The van der Waals surface area contributed by atoms with Gasteiger partial charge in [-0.25, -0.2) is 0 Å². The summed E-state index contributed by atoms with van der Waals surface area (Å²) in [5.74, 6) is 1.96. The molecule has 1 aromatic carbocycles. The molecule has 0 amide bonds. The number of hydrogen-bond acceptors (Lipinski definition) is 5. The predicted molar refractivity (Wildman–Crippen MR) is 95.4 cm³/mol. The molecular formula is C19H25N5O2. The summed E-state index contributed by atoms with van der Waals surface area (Å²) in [4.78, 5) is 11.4. The fraction of sp³-hybridized carbons (Fsp3) is 0.579. The molecule has 5 atom stereocenters. The third kappa shape index (κ3) is 3.62. The van der Waals surface area contributed by atoms with Gasteiger partial charge in [-0.15, -0.1) is 10.2 Å². The number of aliphatic carboxylic acids is 1. The van der Waals surface area contributed by atoms with Gasteiger partial charge in [-0.05, 0) is 61.5 Å². The monoisotopic (exact) mass is 355 g/mol. The van der Waals surface area contributed by atoms with Crippen molar-refractivity contribution in [1.82, 2.24) is 25.9 Å². The average molecular weight is 355 g/mol. The van der Waals surface area contributed by atoms with Crippen LogP contribution < -0.4 is 5.32 Å². The third-order valence-corrected chi connectivity index (χ3v) is 6.23. The van der Waals surface area contributed by atoms with Gasteiger partial charge in [0.1, 0.15) is 6.04 Å². The van der Waals surface area contributed by atoms with Crippen molar-refractivity contribution >= 4 is 5.97 Å². The first-order valence-electron chi connectivity index (χ1n) is 9.44. The van der Waals surface area contributed by atoms with Crippen LogP contribution in [0.1, 0.15) is 43.0 Å². The van der Waals surface area contributed by atoms with Crippen molar-refractivity contribution in [3.8, 4) is 0 Å². The van der Waals surface area contributed by atoms with Crippen molar-refractivity contribution in [3.63, 3.8) is 0 Å². The first-order valence-corrected chi connectivity index (χ1v) is 9.44. The Labute approximate surface area is 152 Å². The molecule has 4 rings (SSSR count). The SMILES string of the molecule is O=C(O)[C@H]1C[C@@H]2C[C@H](C(Cc3nn[nH]n3)c3ccccc3)CC[C@@H]2CN1. The molecule has 2 aliphatic rings. The fourth-order valence-electron chi connectivity index (χ4n) is 4.88. The van der Waals surface area contributed by atoms with E-state index in [0.717, 1.165) is 44.5 Å². The minimum atomic E-state index is -0.725. The lowest BCUT2D eigenvalue weighted by Gasteiger charge is -2.43. The van der Waals surface area contributed by atoms with E-state index in [1.54, 1.807) is 0 Å². The number of rotatable bonds is 5. The molecule has 7 nitrogen and oxygen atoms in total. The number of carboxylic acid groups (broad SMARTS) is 1. The van der Waals surface area contributed by atoms with Crippen LogP contribution in [0.25, 0.3) is 0 Å². The Bertz CT molecular complexity index is 721. The summed E-state index contributed by atoms with van der Waals surface area (Å²) in [7, 11) is 0. The van der Waals surface area contributed by atoms with Gasteiger partial charge >= 0.3 is 5.97 Å². The molecule has 2 heterocycles. The molecule has 0 spiro atoms. The average Bonchev–Trinajstić information content (AvgIpc) is 3.19. The molecule has 1 aromatic heterocycles. The minimum Gasteiger partial charge on any atom is -0.480 e. The van der Waals surface area contributed by atoms with Gasteiger partial charge in [0.15, 0.2) is 5.82 Å². The smallest absolute Gasteiger partial charge is 0.320 e. The first kappa shape index (κ1) is 17.1. The summed E-state index contributed by atoms with van der Waals surface area (Å²) in [6.07, 6.45) is 4.90. The Kier molecular flexibility index (Phi) is 4.97. The highest BCUT2D eigenvalue weighted by Crippen LogP contribution is 2.44. The summed E-state index contributed by atoms with van der Waals surface area (Å²) >= 11 is 0. The van der Waals surface area contributed by atoms with E-state index >= 15 is 0 Å². The molecule has 2 aromatic rings. The van der Waals surface area contributed by atoms with Gasteiger partial charge in [0.25, 0.3) is 0 Å². The van der Waals surface area contributed by atoms with Crippen LogP contribution in [-0.2, 0) is 11.2 Å².